The lowest BCUT2D eigenvalue weighted by atomic mass is 10.1. The summed E-state index contributed by atoms with van der Waals surface area (Å²) in [4.78, 5) is 47.1. The Morgan fingerprint density at radius 3 is 2.75 bits per heavy atom. The van der Waals surface area contributed by atoms with Crippen LogP contribution in [0.5, 0.6) is 11.6 Å². The van der Waals surface area contributed by atoms with E-state index in [1.807, 2.05) is 12.1 Å². The molecular formula is C26H30N4O6. The number of anilines is 1. The minimum Gasteiger partial charge on any atom is -0.479 e. The Bertz CT molecular complexity index is 1150. The van der Waals surface area contributed by atoms with Gasteiger partial charge in [0, 0.05) is 50.4 Å². The van der Waals surface area contributed by atoms with Crippen LogP contribution in [0.3, 0.4) is 0 Å². The van der Waals surface area contributed by atoms with Crippen molar-refractivity contribution in [3.05, 3.63) is 47.7 Å². The van der Waals surface area contributed by atoms with Crippen molar-refractivity contribution in [1.29, 1.82) is 0 Å². The fraction of sp³-hybridized carbons (Fsp3) is 0.462. The Morgan fingerprint density at radius 2 is 2.03 bits per heavy atom. The summed E-state index contributed by atoms with van der Waals surface area (Å²) in [5, 5.41) is 9.02. The number of hydrogen-bond acceptors (Lipinski definition) is 7. The molecule has 3 heterocycles. The molecule has 0 spiro atoms. The van der Waals surface area contributed by atoms with Crippen LogP contribution in [-0.4, -0.2) is 83.6 Å². The van der Waals surface area contributed by atoms with Crippen LogP contribution < -0.4 is 14.4 Å². The largest absolute Gasteiger partial charge is 0.479 e. The van der Waals surface area contributed by atoms with Gasteiger partial charge in [-0.25, -0.2) is 4.98 Å². The van der Waals surface area contributed by atoms with Gasteiger partial charge in [0.05, 0.1) is 19.4 Å². The maximum Gasteiger partial charge on any atom is 0.268 e. The first kappa shape index (κ1) is 24.1. The number of aliphatic hydroxyl groups excluding tert-OH is 1. The summed E-state index contributed by atoms with van der Waals surface area (Å²) in [5.74, 6) is 1.04. The van der Waals surface area contributed by atoms with Gasteiger partial charge in [0.2, 0.25) is 11.8 Å². The van der Waals surface area contributed by atoms with E-state index in [0.717, 1.165) is 5.56 Å². The third-order valence-corrected chi connectivity index (χ3v) is 6.78. The molecule has 1 saturated carbocycles. The van der Waals surface area contributed by atoms with Crippen molar-refractivity contribution in [1.82, 2.24) is 14.8 Å². The average Bonchev–Trinajstić information content (AvgIpc) is 3.58. The van der Waals surface area contributed by atoms with Gasteiger partial charge < -0.3 is 29.3 Å². The van der Waals surface area contributed by atoms with Crippen LogP contribution in [0.2, 0.25) is 0 Å². The molecule has 2 aromatic rings. The van der Waals surface area contributed by atoms with Crippen LogP contribution >= 0.6 is 0 Å². The summed E-state index contributed by atoms with van der Waals surface area (Å²) in [7, 11) is 1.59. The molecule has 1 aromatic heterocycles. The van der Waals surface area contributed by atoms with Crippen LogP contribution in [0, 0.1) is 5.92 Å². The Morgan fingerprint density at radius 1 is 1.19 bits per heavy atom. The van der Waals surface area contributed by atoms with E-state index in [4.69, 9.17) is 14.6 Å². The van der Waals surface area contributed by atoms with Crippen molar-refractivity contribution in [3.8, 4) is 11.6 Å². The molecule has 3 aliphatic rings. The number of aliphatic hydroxyl groups is 1. The highest BCUT2D eigenvalue weighted by molar-refractivity contribution is 6.03. The molecule has 0 radical (unpaired) electrons. The summed E-state index contributed by atoms with van der Waals surface area (Å²) in [6.45, 7) is 1.51. The van der Waals surface area contributed by atoms with Crippen molar-refractivity contribution >= 4 is 23.4 Å². The standard InChI is InChI=1S/C26H30N4O6/c1-28(10-11-31)24(32)15-29-14-18-4-5-19(12-21(18)25(29)33)30-9-8-22(26(30)34)36-20-6-7-23(27-13-20)35-16-17-2-3-17/h4-7,12-13,17,22,31H,2-3,8-11,14-16H2,1H3/t22-/m1/s1. The number of aromatic nitrogens is 1. The summed E-state index contributed by atoms with van der Waals surface area (Å²) in [6, 6.07) is 8.87. The molecular weight excluding hydrogens is 464 g/mol. The molecule has 10 heteroatoms. The fourth-order valence-corrected chi connectivity index (χ4v) is 4.40. The van der Waals surface area contributed by atoms with Crippen LogP contribution in [0.15, 0.2) is 36.5 Å². The minimum atomic E-state index is -0.634. The van der Waals surface area contributed by atoms with Gasteiger partial charge in [-0.05, 0) is 42.5 Å². The number of carbonyl (C=O) groups is 3. The smallest absolute Gasteiger partial charge is 0.268 e. The Balaban J connectivity index is 1.19. The number of likely N-dealkylation sites (N-methyl/N-ethyl adjacent to an activating group) is 1. The highest BCUT2D eigenvalue weighted by atomic mass is 16.5. The Hall–Kier alpha value is -3.66. The first-order valence-corrected chi connectivity index (χ1v) is 12.3. The summed E-state index contributed by atoms with van der Waals surface area (Å²) >= 11 is 0. The van der Waals surface area contributed by atoms with Crippen molar-refractivity contribution in [2.75, 3.05) is 44.8 Å². The molecule has 36 heavy (non-hydrogen) atoms. The first-order valence-electron chi connectivity index (χ1n) is 12.3. The maximum atomic E-state index is 13.1. The third kappa shape index (κ3) is 5.13. The Kier molecular flexibility index (Phi) is 6.77. The second-order valence-electron chi connectivity index (χ2n) is 9.51. The van der Waals surface area contributed by atoms with E-state index in [2.05, 4.69) is 4.98 Å². The van der Waals surface area contributed by atoms with Crippen LogP contribution in [-0.2, 0) is 16.1 Å². The summed E-state index contributed by atoms with van der Waals surface area (Å²) in [5.41, 5.74) is 1.94. The van der Waals surface area contributed by atoms with Crippen molar-refractivity contribution in [2.45, 2.75) is 31.9 Å². The topological polar surface area (TPSA) is 113 Å². The van der Waals surface area contributed by atoms with Crippen molar-refractivity contribution in [2.24, 2.45) is 5.92 Å². The SMILES string of the molecule is CN(CCO)C(=O)CN1Cc2ccc(N3CC[C@@H](Oc4ccc(OCC5CC5)nc4)C3=O)cc2C1=O. The van der Waals surface area contributed by atoms with Crippen molar-refractivity contribution < 1.29 is 29.0 Å². The number of nitrogens with zero attached hydrogens (tertiary/aromatic N) is 4. The van der Waals surface area contributed by atoms with Crippen LogP contribution in [0.25, 0.3) is 0 Å². The summed E-state index contributed by atoms with van der Waals surface area (Å²) in [6.07, 6.45) is 3.87. The lowest BCUT2D eigenvalue weighted by Crippen LogP contribution is -2.39. The molecule has 2 fully saturated rings. The number of pyridine rings is 1. The van der Waals surface area contributed by atoms with Gasteiger partial charge in [0.1, 0.15) is 12.3 Å². The molecule has 1 aliphatic carbocycles. The average molecular weight is 495 g/mol. The second kappa shape index (κ2) is 10.1. The molecule has 2 aliphatic heterocycles. The van der Waals surface area contributed by atoms with E-state index in [1.165, 1.54) is 22.6 Å². The van der Waals surface area contributed by atoms with E-state index in [9.17, 15) is 14.4 Å². The van der Waals surface area contributed by atoms with Crippen molar-refractivity contribution in [3.63, 3.8) is 0 Å². The lowest BCUT2D eigenvalue weighted by molar-refractivity contribution is -0.131. The molecule has 5 rings (SSSR count). The molecule has 1 N–H and O–H groups in total. The predicted octanol–water partition coefficient (Wildman–Crippen LogP) is 1.46. The highest BCUT2D eigenvalue weighted by Gasteiger charge is 2.36. The monoisotopic (exact) mass is 494 g/mol. The second-order valence-corrected chi connectivity index (χ2v) is 9.51. The Labute approximate surface area is 209 Å². The van der Waals surface area contributed by atoms with Gasteiger partial charge in [-0.1, -0.05) is 6.07 Å². The zero-order valence-electron chi connectivity index (χ0n) is 20.3. The minimum absolute atomic E-state index is 0.0592. The normalized spacial score (nSPS) is 19.0. The van der Waals surface area contributed by atoms with E-state index in [0.29, 0.717) is 54.9 Å². The molecule has 0 unspecified atom stereocenters. The highest BCUT2D eigenvalue weighted by Crippen LogP contribution is 2.31. The number of hydrogen-bond donors (Lipinski definition) is 1. The van der Waals surface area contributed by atoms with Gasteiger partial charge in [0.15, 0.2) is 6.10 Å². The lowest BCUT2D eigenvalue weighted by Gasteiger charge is -2.20. The van der Waals surface area contributed by atoms with Crippen LogP contribution in [0.1, 0.15) is 35.2 Å². The quantitative estimate of drug-likeness (QED) is 0.532. The van der Waals surface area contributed by atoms with E-state index in [1.54, 1.807) is 36.3 Å². The molecule has 1 atom stereocenters. The molecule has 0 bridgehead atoms. The maximum absolute atomic E-state index is 13.1. The predicted molar refractivity (Wildman–Crippen MR) is 130 cm³/mol. The number of rotatable bonds is 10. The molecule has 10 nitrogen and oxygen atoms in total. The zero-order valence-corrected chi connectivity index (χ0v) is 20.3. The summed E-state index contributed by atoms with van der Waals surface area (Å²) < 4.78 is 11.5. The molecule has 1 aromatic carbocycles. The number of benzene rings is 1. The van der Waals surface area contributed by atoms with Gasteiger partial charge >= 0.3 is 0 Å². The van der Waals surface area contributed by atoms with Gasteiger partial charge in [0.25, 0.3) is 11.8 Å². The third-order valence-electron chi connectivity index (χ3n) is 6.78. The van der Waals surface area contributed by atoms with Crippen LogP contribution in [0.4, 0.5) is 5.69 Å². The van der Waals surface area contributed by atoms with E-state index < -0.39 is 6.10 Å². The van der Waals surface area contributed by atoms with E-state index >= 15 is 0 Å². The number of carbonyl (C=O) groups excluding carboxylic acids is 3. The number of amides is 3. The zero-order chi connectivity index (χ0) is 25.2. The first-order chi connectivity index (χ1) is 17.4. The molecule has 1 saturated heterocycles. The van der Waals surface area contributed by atoms with Gasteiger partial charge in [-0.15, -0.1) is 0 Å². The fourth-order valence-electron chi connectivity index (χ4n) is 4.40. The molecule has 3 amide bonds. The van der Waals surface area contributed by atoms with Gasteiger partial charge in [-0.2, -0.15) is 0 Å². The molecule has 190 valence electrons. The van der Waals surface area contributed by atoms with Gasteiger partial charge in [-0.3, -0.25) is 14.4 Å². The number of fused-ring (bicyclic) bond motifs is 1. The van der Waals surface area contributed by atoms with E-state index in [-0.39, 0.29) is 37.4 Å². The number of ether oxygens (including phenoxy) is 2.